The molecule has 0 radical (unpaired) electrons. The van der Waals surface area contributed by atoms with Crippen LogP contribution in [0, 0.1) is 11.8 Å². The summed E-state index contributed by atoms with van der Waals surface area (Å²) in [4.78, 5) is 18.9. The number of aromatic nitrogens is 1. The van der Waals surface area contributed by atoms with Crippen LogP contribution in [0.25, 0.3) is 0 Å². The summed E-state index contributed by atoms with van der Waals surface area (Å²) in [5.41, 5.74) is 1.62. The van der Waals surface area contributed by atoms with E-state index in [1.807, 2.05) is 11.0 Å². The number of halogens is 1. The van der Waals surface area contributed by atoms with Crippen LogP contribution in [0.2, 0.25) is 5.15 Å². The number of hydrogen-bond acceptors (Lipinski definition) is 2. The van der Waals surface area contributed by atoms with Gasteiger partial charge in [0.2, 0.25) is 0 Å². The topological polar surface area (TPSA) is 33.2 Å². The van der Waals surface area contributed by atoms with Gasteiger partial charge in [-0.15, -0.1) is 0 Å². The van der Waals surface area contributed by atoms with E-state index in [1.54, 1.807) is 6.07 Å². The van der Waals surface area contributed by atoms with Crippen molar-refractivity contribution >= 4 is 17.5 Å². The minimum absolute atomic E-state index is 0.126. The highest BCUT2D eigenvalue weighted by Crippen LogP contribution is 2.38. The summed E-state index contributed by atoms with van der Waals surface area (Å²) in [6, 6.07) is 3.61. The molecule has 2 heterocycles. The lowest BCUT2D eigenvalue weighted by Crippen LogP contribution is -2.29. The van der Waals surface area contributed by atoms with Crippen molar-refractivity contribution in [3.8, 4) is 0 Å². The minimum atomic E-state index is 0.126. The van der Waals surface area contributed by atoms with Gasteiger partial charge in [-0.3, -0.25) is 4.79 Å². The maximum atomic E-state index is 12.6. The average molecular weight is 293 g/mol. The Morgan fingerprint density at radius 1 is 1.35 bits per heavy atom. The molecule has 1 aromatic heterocycles. The van der Waals surface area contributed by atoms with E-state index < -0.39 is 0 Å². The Balaban J connectivity index is 1.77. The van der Waals surface area contributed by atoms with Gasteiger partial charge >= 0.3 is 0 Å². The van der Waals surface area contributed by atoms with E-state index in [2.05, 4.69) is 11.9 Å². The van der Waals surface area contributed by atoms with E-state index in [9.17, 15) is 4.79 Å². The van der Waals surface area contributed by atoms with Crippen molar-refractivity contribution in [1.82, 2.24) is 9.88 Å². The normalized spacial score (nSPS) is 25.0. The third kappa shape index (κ3) is 2.69. The number of pyridine rings is 1. The third-order valence-electron chi connectivity index (χ3n) is 4.61. The molecule has 1 aromatic rings. The number of amides is 1. The second-order valence-corrected chi connectivity index (χ2v) is 6.47. The van der Waals surface area contributed by atoms with Crippen LogP contribution in [0.1, 0.15) is 48.7 Å². The van der Waals surface area contributed by atoms with Crippen LogP contribution in [-0.4, -0.2) is 28.9 Å². The van der Waals surface area contributed by atoms with Gasteiger partial charge in [-0.2, -0.15) is 0 Å². The molecule has 20 heavy (non-hydrogen) atoms. The van der Waals surface area contributed by atoms with Gasteiger partial charge in [0.1, 0.15) is 5.15 Å². The standard InChI is InChI=1S/C16H21ClN2O/c1-2-4-14-7-13(8-15(17)18-14)16(20)19-9-11-5-3-6-12(11)10-19/h7-8,11-12H,2-6,9-10H2,1H3. The Hall–Kier alpha value is -1.09. The molecular formula is C16H21ClN2O. The lowest BCUT2D eigenvalue weighted by Gasteiger charge is -2.18. The molecule has 2 unspecified atom stereocenters. The van der Waals surface area contributed by atoms with Crippen LogP contribution < -0.4 is 0 Å². The van der Waals surface area contributed by atoms with Gasteiger partial charge in [0, 0.05) is 24.3 Å². The lowest BCUT2D eigenvalue weighted by molar-refractivity contribution is 0.0780. The zero-order chi connectivity index (χ0) is 14.1. The van der Waals surface area contributed by atoms with E-state index in [-0.39, 0.29) is 5.91 Å². The second-order valence-electron chi connectivity index (χ2n) is 6.08. The molecule has 1 aliphatic carbocycles. The van der Waals surface area contributed by atoms with Crippen LogP contribution in [0.3, 0.4) is 0 Å². The Bertz CT molecular complexity index is 505. The minimum Gasteiger partial charge on any atom is -0.338 e. The molecule has 108 valence electrons. The molecule has 1 aliphatic heterocycles. The van der Waals surface area contributed by atoms with Crippen LogP contribution >= 0.6 is 11.6 Å². The van der Waals surface area contributed by atoms with Gasteiger partial charge in [-0.05, 0) is 43.2 Å². The van der Waals surface area contributed by atoms with Crippen molar-refractivity contribution in [2.75, 3.05) is 13.1 Å². The van der Waals surface area contributed by atoms with E-state index in [0.29, 0.717) is 10.7 Å². The largest absolute Gasteiger partial charge is 0.338 e. The highest BCUT2D eigenvalue weighted by molar-refractivity contribution is 6.29. The van der Waals surface area contributed by atoms with E-state index in [4.69, 9.17) is 11.6 Å². The Morgan fingerprint density at radius 2 is 2.05 bits per heavy atom. The van der Waals surface area contributed by atoms with Gasteiger partial charge in [0.15, 0.2) is 0 Å². The highest BCUT2D eigenvalue weighted by Gasteiger charge is 2.38. The van der Waals surface area contributed by atoms with Crippen molar-refractivity contribution < 1.29 is 4.79 Å². The molecule has 0 N–H and O–H groups in total. The summed E-state index contributed by atoms with van der Waals surface area (Å²) in [6.45, 7) is 3.95. The third-order valence-corrected chi connectivity index (χ3v) is 4.81. The predicted octanol–water partition coefficient (Wildman–Crippen LogP) is 3.56. The number of hydrogen-bond donors (Lipinski definition) is 0. The molecule has 4 heteroatoms. The summed E-state index contributed by atoms with van der Waals surface area (Å²) in [6.07, 6.45) is 5.78. The molecular weight excluding hydrogens is 272 g/mol. The van der Waals surface area contributed by atoms with E-state index in [0.717, 1.165) is 43.5 Å². The molecule has 3 rings (SSSR count). The summed E-state index contributed by atoms with van der Waals surface area (Å²) >= 11 is 6.05. The lowest BCUT2D eigenvalue weighted by atomic mass is 10.0. The summed E-state index contributed by atoms with van der Waals surface area (Å²) in [5, 5.41) is 0.429. The molecule has 2 atom stereocenters. The van der Waals surface area contributed by atoms with Crippen LogP contribution in [0.4, 0.5) is 0 Å². The number of fused-ring (bicyclic) bond motifs is 1. The fraction of sp³-hybridized carbons (Fsp3) is 0.625. The number of nitrogens with zero attached hydrogens (tertiary/aromatic N) is 2. The Labute approximate surface area is 125 Å². The monoisotopic (exact) mass is 292 g/mol. The number of carbonyl (C=O) groups is 1. The van der Waals surface area contributed by atoms with Gasteiger partial charge in [0.05, 0.1) is 0 Å². The first-order valence-corrected chi connectivity index (χ1v) is 8.01. The zero-order valence-corrected chi connectivity index (χ0v) is 12.7. The van der Waals surface area contributed by atoms with Crippen molar-refractivity contribution in [2.45, 2.75) is 39.0 Å². The number of rotatable bonds is 3. The second kappa shape index (κ2) is 5.72. The summed E-state index contributed by atoms with van der Waals surface area (Å²) in [7, 11) is 0. The first-order valence-electron chi connectivity index (χ1n) is 7.63. The molecule has 1 amide bonds. The fourth-order valence-electron chi connectivity index (χ4n) is 3.64. The van der Waals surface area contributed by atoms with Crippen LogP contribution in [0.5, 0.6) is 0 Å². The number of carbonyl (C=O) groups excluding carboxylic acids is 1. The number of aryl methyl sites for hydroxylation is 1. The fourth-order valence-corrected chi connectivity index (χ4v) is 3.87. The molecule has 0 bridgehead atoms. The molecule has 2 aliphatic rings. The zero-order valence-electron chi connectivity index (χ0n) is 11.9. The molecule has 1 saturated carbocycles. The average Bonchev–Trinajstić information content (AvgIpc) is 2.98. The first-order chi connectivity index (χ1) is 9.67. The smallest absolute Gasteiger partial charge is 0.254 e. The maximum Gasteiger partial charge on any atom is 0.254 e. The highest BCUT2D eigenvalue weighted by atomic mass is 35.5. The quantitative estimate of drug-likeness (QED) is 0.798. The first kappa shape index (κ1) is 13.9. The van der Waals surface area contributed by atoms with Crippen LogP contribution in [-0.2, 0) is 6.42 Å². The van der Waals surface area contributed by atoms with Gasteiger partial charge in [-0.1, -0.05) is 31.4 Å². The van der Waals surface area contributed by atoms with Gasteiger partial charge < -0.3 is 4.90 Å². The number of likely N-dealkylation sites (tertiary alicyclic amines) is 1. The van der Waals surface area contributed by atoms with Crippen molar-refractivity contribution in [2.24, 2.45) is 11.8 Å². The SMILES string of the molecule is CCCc1cc(C(=O)N2CC3CCCC3C2)cc(Cl)n1. The molecule has 0 aromatic carbocycles. The van der Waals surface area contributed by atoms with Crippen molar-refractivity contribution in [3.05, 3.63) is 28.5 Å². The van der Waals surface area contributed by atoms with Crippen molar-refractivity contribution in [1.29, 1.82) is 0 Å². The van der Waals surface area contributed by atoms with E-state index in [1.165, 1.54) is 19.3 Å². The van der Waals surface area contributed by atoms with Crippen LogP contribution in [0.15, 0.2) is 12.1 Å². The summed E-state index contributed by atoms with van der Waals surface area (Å²) in [5.74, 6) is 1.58. The molecule has 1 saturated heterocycles. The molecule has 0 spiro atoms. The molecule has 3 nitrogen and oxygen atoms in total. The maximum absolute atomic E-state index is 12.6. The van der Waals surface area contributed by atoms with Gasteiger partial charge in [0.25, 0.3) is 5.91 Å². The van der Waals surface area contributed by atoms with E-state index >= 15 is 0 Å². The summed E-state index contributed by atoms with van der Waals surface area (Å²) < 4.78 is 0. The Kier molecular flexibility index (Phi) is 3.97. The molecule has 2 fully saturated rings. The predicted molar refractivity (Wildman–Crippen MR) is 80.0 cm³/mol. The van der Waals surface area contributed by atoms with Gasteiger partial charge in [-0.25, -0.2) is 4.98 Å². The van der Waals surface area contributed by atoms with Crippen molar-refractivity contribution in [3.63, 3.8) is 0 Å². The Morgan fingerprint density at radius 3 is 2.70 bits per heavy atom.